The Morgan fingerprint density at radius 3 is 2.48 bits per heavy atom. The molecule has 9 heteroatoms. The molecule has 0 atom stereocenters. The minimum absolute atomic E-state index is 0.0388. The first kappa shape index (κ1) is 21.5. The van der Waals surface area contributed by atoms with Crippen LogP contribution in [0.1, 0.15) is 61.7 Å². The Balaban J connectivity index is 1.70. The topological polar surface area (TPSA) is 55.3 Å². The van der Waals surface area contributed by atoms with Crippen LogP contribution < -0.4 is 0 Å². The van der Waals surface area contributed by atoms with Crippen molar-refractivity contribution in [2.45, 2.75) is 63.8 Å². The van der Waals surface area contributed by atoms with Crippen LogP contribution in [0.3, 0.4) is 0 Å². The zero-order chi connectivity index (χ0) is 22.6. The molecule has 2 aliphatic rings. The van der Waals surface area contributed by atoms with Gasteiger partial charge < -0.3 is 9.64 Å². The lowest BCUT2D eigenvalue weighted by atomic mass is 9.84. The van der Waals surface area contributed by atoms with Crippen LogP contribution >= 0.6 is 0 Å². The lowest BCUT2D eigenvalue weighted by molar-refractivity contribution is -0.138. The molecule has 1 aromatic carbocycles. The van der Waals surface area contributed by atoms with Crippen LogP contribution in [0, 0.1) is 5.82 Å². The zero-order valence-corrected chi connectivity index (χ0v) is 17.5. The van der Waals surface area contributed by atoms with E-state index in [-0.39, 0.29) is 12.1 Å². The number of hydrogen-bond donors (Lipinski definition) is 0. The molecule has 5 nitrogen and oxygen atoms in total. The number of fused-ring (bicyclic) bond motifs is 1. The molecule has 1 aliphatic heterocycles. The highest BCUT2D eigenvalue weighted by atomic mass is 19.4. The summed E-state index contributed by atoms with van der Waals surface area (Å²) in [6.07, 6.45) is -2.42. The lowest BCUT2D eigenvalue weighted by Crippen LogP contribution is -2.41. The molecular formula is C22H23F4N3O2. The molecule has 166 valence electrons. The molecule has 1 aromatic heterocycles. The van der Waals surface area contributed by atoms with E-state index in [1.165, 1.54) is 17.3 Å². The van der Waals surface area contributed by atoms with Crippen LogP contribution in [0.5, 0.6) is 0 Å². The number of nitrogens with zero attached hydrogens (tertiary/aromatic N) is 3. The second kappa shape index (κ2) is 7.17. The van der Waals surface area contributed by atoms with Crippen LogP contribution in [0.25, 0.3) is 0 Å². The minimum Gasteiger partial charge on any atom is -0.444 e. The van der Waals surface area contributed by atoms with E-state index in [4.69, 9.17) is 4.74 Å². The quantitative estimate of drug-likeness (QED) is 0.620. The first-order chi connectivity index (χ1) is 14.4. The Kier molecular flexibility index (Phi) is 4.98. The number of aromatic nitrogens is 2. The third kappa shape index (κ3) is 4.09. The highest BCUT2D eigenvalue weighted by Gasteiger charge is 2.53. The fourth-order valence-electron chi connectivity index (χ4n) is 4.18. The summed E-state index contributed by atoms with van der Waals surface area (Å²) in [7, 11) is 0. The van der Waals surface area contributed by atoms with E-state index in [0.29, 0.717) is 43.3 Å². The first-order valence-corrected chi connectivity index (χ1v) is 10.1. The summed E-state index contributed by atoms with van der Waals surface area (Å²) in [6.45, 7) is 5.89. The third-order valence-corrected chi connectivity index (χ3v) is 5.66. The molecule has 0 saturated heterocycles. The van der Waals surface area contributed by atoms with Crippen molar-refractivity contribution in [3.05, 3.63) is 58.4 Å². The maximum absolute atomic E-state index is 13.7. The smallest absolute Gasteiger partial charge is 0.416 e. The van der Waals surface area contributed by atoms with Crippen LogP contribution in [0.15, 0.2) is 24.5 Å². The monoisotopic (exact) mass is 437 g/mol. The van der Waals surface area contributed by atoms with Crippen molar-refractivity contribution >= 4 is 6.09 Å². The average molecular weight is 437 g/mol. The van der Waals surface area contributed by atoms with Gasteiger partial charge in [-0.15, -0.1) is 0 Å². The maximum Gasteiger partial charge on any atom is 0.416 e. The fraction of sp³-hybridized carbons (Fsp3) is 0.500. The van der Waals surface area contributed by atoms with Gasteiger partial charge >= 0.3 is 12.3 Å². The van der Waals surface area contributed by atoms with Gasteiger partial charge in [0.15, 0.2) is 0 Å². The molecule has 4 rings (SSSR count). The average Bonchev–Trinajstić information content (AvgIpc) is 3.46. The van der Waals surface area contributed by atoms with Gasteiger partial charge in [-0.3, -0.25) is 0 Å². The number of halogens is 4. The number of amides is 1. The number of carbonyl (C=O) groups is 1. The van der Waals surface area contributed by atoms with Crippen LogP contribution in [0.2, 0.25) is 0 Å². The van der Waals surface area contributed by atoms with E-state index in [9.17, 15) is 22.4 Å². The molecule has 0 radical (unpaired) electrons. The van der Waals surface area contributed by atoms with Gasteiger partial charge in [-0.1, -0.05) is 6.07 Å². The molecule has 0 spiro atoms. The Labute approximate surface area is 177 Å². The van der Waals surface area contributed by atoms with Crippen LogP contribution in [-0.2, 0) is 29.3 Å². The summed E-state index contributed by atoms with van der Waals surface area (Å²) in [5.41, 5.74) is -0.581. The van der Waals surface area contributed by atoms with E-state index < -0.39 is 34.7 Å². The molecule has 1 aliphatic carbocycles. The summed E-state index contributed by atoms with van der Waals surface area (Å²) < 4.78 is 60.0. The standard InChI is InChI=1S/C22H23F4N3O2/c1-20(2,3)31-19(30)29-9-6-14-17(11-29)27-12-28-18(14)21(7-8-21)15-5-4-13(23)10-16(15)22(24,25)26/h4-5,10,12H,6-9,11H2,1-3H3. The lowest BCUT2D eigenvalue weighted by Gasteiger charge is -2.32. The molecule has 1 saturated carbocycles. The van der Waals surface area contributed by atoms with E-state index >= 15 is 0 Å². The van der Waals surface area contributed by atoms with Gasteiger partial charge in [0.05, 0.1) is 23.5 Å². The molecular weight excluding hydrogens is 414 g/mol. The first-order valence-electron chi connectivity index (χ1n) is 10.1. The Bertz CT molecular complexity index is 1030. The van der Waals surface area contributed by atoms with Crippen molar-refractivity contribution in [2.24, 2.45) is 0 Å². The van der Waals surface area contributed by atoms with E-state index in [0.717, 1.165) is 11.6 Å². The molecule has 0 bridgehead atoms. The van der Waals surface area contributed by atoms with Gasteiger partial charge in [0.1, 0.15) is 17.7 Å². The minimum atomic E-state index is -4.67. The van der Waals surface area contributed by atoms with E-state index in [1.54, 1.807) is 20.8 Å². The summed E-state index contributed by atoms with van der Waals surface area (Å²) in [5.74, 6) is -0.926. The van der Waals surface area contributed by atoms with Gasteiger partial charge in [0.25, 0.3) is 0 Å². The number of ether oxygens (including phenoxy) is 1. The normalized spacial score (nSPS) is 17.8. The zero-order valence-electron chi connectivity index (χ0n) is 17.5. The van der Waals surface area contributed by atoms with Crippen LogP contribution in [0.4, 0.5) is 22.4 Å². The SMILES string of the molecule is CC(C)(C)OC(=O)N1CCc2c(ncnc2C2(c3ccc(F)cc3C(F)(F)F)CC2)C1. The van der Waals surface area contributed by atoms with Gasteiger partial charge in [-0.2, -0.15) is 13.2 Å². The molecule has 31 heavy (non-hydrogen) atoms. The predicted molar refractivity (Wildman–Crippen MR) is 104 cm³/mol. The predicted octanol–water partition coefficient (Wildman–Crippen LogP) is 5.01. The number of rotatable bonds is 2. The number of carbonyl (C=O) groups excluding carboxylic acids is 1. The summed E-state index contributed by atoms with van der Waals surface area (Å²) in [6, 6.07) is 2.82. The molecule has 1 amide bonds. The number of benzene rings is 1. The fourth-order valence-corrected chi connectivity index (χ4v) is 4.18. The second-order valence-corrected chi connectivity index (χ2v) is 9.07. The molecule has 2 aromatic rings. The third-order valence-electron chi connectivity index (χ3n) is 5.66. The highest BCUT2D eigenvalue weighted by molar-refractivity contribution is 5.68. The van der Waals surface area contributed by atoms with Crippen LogP contribution in [-0.4, -0.2) is 33.1 Å². The van der Waals surface area contributed by atoms with Gasteiger partial charge in [-0.25, -0.2) is 19.2 Å². The Morgan fingerprint density at radius 2 is 1.87 bits per heavy atom. The maximum atomic E-state index is 13.7. The molecule has 1 fully saturated rings. The molecule has 0 unspecified atom stereocenters. The Hall–Kier alpha value is -2.71. The number of hydrogen-bond acceptors (Lipinski definition) is 4. The summed E-state index contributed by atoms with van der Waals surface area (Å²) in [4.78, 5) is 22.6. The van der Waals surface area contributed by atoms with Crippen molar-refractivity contribution < 1.29 is 27.1 Å². The van der Waals surface area contributed by atoms with Gasteiger partial charge in [-0.05, 0) is 63.3 Å². The van der Waals surface area contributed by atoms with Crippen molar-refractivity contribution in [2.75, 3.05) is 6.54 Å². The van der Waals surface area contributed by atoms with E-state index in [1.807, 2.05) is 0 Å². The Morgan fingerprint density at radius 1 is 1.16 bits per heavy atom. The molecule has 2 heterocycles. The number of alkyl halides is 3. The summed E-state index contributed by atoms with van der Waals surface area (Å²) >= 11 is 0. The second-order valence-electron chi connectivity index (χ2n) is 9.07. The van der Waals surface area contributed by atoms with Crippen molar-refractivity contribution in [3.8, 4) is 0 Å². The van der Waals surface area contributed by atoms with Gasteiger partial charge in [0.2, 0.25) is 0 Å². The van der Waals surface area contributed by atoms with Crippen molar-refractivity contribution in [3.63, 3.8) is 0 Å². The summed E-state index contributed by atoms with van der Waals surface area (Å²) in [5, 5.41) is 0. The largest absolute Gasteiger partial charge is 0.444 e. The van der Waals surface area contributed by atoms with Crippen molar-refractivity contribution in [1.29, 1.82) is 0 Å². The molecule has 0 N–H and O–H groups in total. The highest BCUT2D eigenvalue weighted by Crippen LogP contribution is 2.56. The van der Waals surface area contributed by atoms with E-state index in [2.05, 4.69) is 9.97 Å². The van der Waals surface area contributed by atoms with Crippen molar-refractivity contribution in [1.82, 2.24) is 14.9 Å². The van der Waals surface area contributed by atoms with Gasteiger partial charge in [0, 0.05) is 12.0 Å².